The molecule has 4 aromatic rings. The number of anilines is 1. The number of hydrogen-bond acceptors (Lipinski definition) is 8. The first-order chi connectivity index (χ1) is 15.7. The van der Waals surface area contributed by atoms with Crippen molar-refractivity contribution in [1.29, 1.82) is 0 Å². The topological polar surface area (TPSA) is 111 Å². The summed E-state index contributed by atoms with van der Waals surface area (Å²) in [5.41, 5.74) is 0.340. The number of aryl methyl sites for hydroxylation is 1. The fourth-order valence-electron chi connectivity index (χ4n) is 2.91. The van der Waals surface area contributed by atoms with Crippen molar-refractivity contribution < 1.29 is 26.8 Å². The molecule has 0 spiro atoms. The molecule has 2 aromatic carbocycles. The van der Waals surface area contributed by atoms with Crippen LogP contribution in [-0.2, 0) is 14.8 Å². The molecule has 1 atom stereocenters. The Kier molecular flexibility index (Phi) is 6.25. The van der Waals surface area contributed by atoms with Crippen LogP contribution in [0.25, 0.3) is 10.8 Å². The highest BCUT2D eigenvalue weighted by Crippen LogP contribution is 2.27. The number of sulfonamides is 1. The van der Waals surface area contributed by atoms with E-state index in [1.165, 1.54) is 47.7 Å². The Bertz CT molecular complexity index is 1400. The van der Waals surface area contributed by atoms with Gasteiger partial charge in [0.25, 0.3) is 21.8 Å². The summed E-state index contributed by atoms with van der Waals surface area (Å²) in [7, 11) is -4.15. The van der Waals surface area contributed by atoms with Crippen molar-refractivity contribution >= 4 is 33.0 Å². The molecule has 1 N–H and O–H groups in total. The lowest BCUT2D eigenvalue weighted by Crippen LogP contribution is -2.16. The number of ether oxygens (including phenoxy) is 1. The van der Waals surface area contributed by atoms with E-state index in [-0.39, 0.29) is 22.0 Å². The average Bonchev–Trinajstić information content (AvgIpc) is 3.47. The maximum atomic E-state index is 13.9. The van der Waals surface area contributed by atoms with Gasteiger partial charge in [0.05, 0.1) is 21.0 Å². The molecule has 0 saturated heterocycles. The molecule has 0 aliphatic carbocycles. The second-order valence-corrected chi connectivity index (χ2v) is 9.66. The zero-order chi connectivity index (χ0) is 23.6. The van der Waals surface area contributed by atoms with E-state index < -0.39 is 27.9 Å². The Hall–Kier alpha value is -3.57. The minimum absolute atomic E-state index is 0.0382. The van der Waals surface area contributed by atoms with E-state index >= 15 is 0 Å². The van der Waals surface area contributed by atoms with Gasteiger partial charge in [0, 0.05) is 0 Å². The molecular weight excluding hydrogens is 469 g/mol. The number of esters is 1. The summed E-state index contributed by atoms with van der Waals surface area (Å²) >= 11 is 1.43. The molecule has 0 radical (unpaired) electrons. The molecule has 0 fully saturated rings. The number of nitrogens with zero attached hydrogens (tertiary/aromatic N) is 2. The second-order valence-electron chi connectivity index (χ2n) is 7.03. The van der Waals surface area contributed by atoms with E-state index in [1.807, 2.05) is 17.5 Å². The molecule has 8 nitrogen and oxygen atoms in total. The Morgan fingerprint density at radius 1 is 1.15 bits per heavy atom. The maximum absolute atomic E-state index is 13.9. The van der Waals surface area contributed by atoms with Crippen LogP contribution < -0.4 is 4.72 Å². The van der Waals surface area contributed by atoms with Gasteiger partial charge in [-0.1, -0.05) is 24.3 Å². The Labute approximate surface area is 193 Å². The molecule has 2 heterocycles. The minimum atomic E-state index is -4.15. The van der Waals surface area contributed by atoms with Crippen LogP contribution in [0.5, 0.6) is 0 Å². The molecule has 1 unspecified atom stereocenters. The van der Waals surface area contributed by atoms with Gasteiger partial charge >= 0.3 is 5.97 Å². The van der Waals surface area contributed by atoms with Crippen LogP contribution in [0, 0.1) is 12.7 Å². The number of benzene rings is 2. The summed E-state index contributed by atoms with van der Waals surface area (Å²) in [6.45, 7) is 3.21. The van der Waals surface area contributed by atoms with Gasteiger partial charge in [-0.2, -0.15) is 0 Å². The molecule has 2 aromatic heterocycles. The van der Waals surface area contributed by atoms with Gasteiger partial charge in [0.15, 0.2) is 6.10 Å². The second kappa shape index (κ2) is 9.12. The quantitative estimate of drug-likeness (QED) is 0.367. The average molecular weight is 488 g/mol. The van der Waals surface area contributed by atoms with Gasteiger partial charge < -0.3 is 9.15 Å². The number of hydrogen-bond donors (Lipinski definition) is 1. The van der Waals surface area contributed by atoms with Crippen molar-refractivity contribution in [3.8, 4) is 10.8 Å². The first-order valence-corrected chi connectivity index (χ1v) is 12.1. The molecule has 4 rings (SSSR count). The number of thiophene rings is 1. The first-order valence-electron chi connectivity index (χ1n) is 9.71. The first kappa shape index (κ1) is 22.6. The normalized spacial score (nSPS) is 12.3. The van der Waals surface area contributed by atoms with Crippen LogP contribution in [0.4, 0.5) is 10.1 Å². The third kappa shape index (κ3) is 4.94. The Balaban J connectivity index is 1.53. The van der Waals surface area contributed by atoms with Crippen molar-refractivity contribution in [2.24, 2.45) is 0 Å². The largest absolute Gasteiger partial charge is 0.449 e. The van der Waals surface area contributed by atoms with Crippen molar-refractivity contribution in [2.75, 3.05) is 4.72 Å². The maximum Gasteiger partial charge on any atom is 0.339 e. The van der Waals surface area contributed by atoms with Crippen molar-refractivity contribution in [3.63, 3.8) is 0 Å². The van der Waals surface area contributed by atoms with E-state index in [0.29, 0.717) is 11.5 Å². The van der Waals surface area contributed by atoms with Crippen LogP contribution in [0.15, 0.2) is 69.3 Å². The summed E-state index contributed by atoms with van der Waals surface area (Å²) in [5, 5.41) is 9.75. The third-order valence-corrected chi connectivity index (χ3v) is 6.88. The lowest BCUT2D eigenvalue weighted by Gasteiger charge is -2.13. The van der Waals surface area contributed by atoms with E-state index in [9.17, 15) is 17.6 Å². The predicted molar refractivity (Wildman–Crippen MR) is 120 cm³/mol. The summed E-state index contributed by atoms with van der Waals surface area (Å²) in [6, 6.07) is 13.0. The molecule has 11 heteroatoms. The molecule has 170 valence electrons. The van der Waals surface area contributed by atoms with Gasteiger partial charge in [-0.05, 0) is 55.1 Å². The summed E-state index contributed by atoms with van der Waals surface area (Å²) in [5.74, 6) is -1.07. The highest BCUT2D eigenvalue weighted by atomic mass is 32.2. The van der Waals surface area contributed by atoms with Crippen LogP contribution in [-0.4, -0.2) is 24.6 Å². The van der Waals surface area contributed by atoms with E-state index in [0.717, 1.165) is 10.9 Å². The highest BCUT2D eigenvalue weighted by molar-refractivity contribution is 7.92. The van der Waals surface area contributed by atoms with Gasteiger partial charge in [-0.15, -0.1) is 21.5 Å². The third-order valence-electron chi connectivity index (χ3n) is 4.66. The van der Waals surface area contributed by atoms with Crippen LogP contribution in [0.1, 0.15) is 34.8 Å². The smallest absolute Gasteiger partial charge is 0.339 e. The number of aromatic nitrogens is 2. The lowest BCUT2D eigenvalue weighted by molar-refractivity contribution is 0.0278. The number of rotatable bonds is 7. The zero-order valence-corrected chi connectivity index (χ0v) is 19.1. The number of carbonyl (C=O) groups is 1. The summed E-state index contributed by atoms with van der Waals surface area (Å²) in [6.07, 6.45) is -0.866. The summed E-state index contributed by atoms with van der Waals surface area (Å²) in [4.78, 5) is 13.4. The van der Waals surface area contributed by atoms with E-state index in [4.69, 9.17) is 9.15 Å². The zero-order valence-electron chi connectivity index (χ0n) is 17.5. The molecule has 33 heavy (non-hydrogen) atoms. The highest BCUT2D eigenvalue weighted by Gasteiger charge is 2.24. The fraction of sp³-hybridized carbons (Fsp3) is 0.136. The fourth-order valence-corrected chi connectivity index (χ4v) is 4.65. The number of halogens is 1. The van der Waals surface area contributed by atoms with Gasteiger partial charge in [-0.3, -0.25) is 4.72 Å². The number of carbonyl (C=O) groups excluding carboxylic acids is 1. The Morgan fingerprint density at radius 3 is 2.67 bits per heavy atom. The van der Waals surface area contributed by atoms with Crippen molar-refractivity contribution in [1.82, 2.24) is 10.2 Å². The lowest BCUT2D eigenvalue weighted by atomic mass is 10.1. The van der Waals surface area contributed by atoms with Crippen molar-refractivity contribution in [3.05, 3.63) is 82.8 Å². The van der Waals surface area contributed by atoms with Crippen molar-refractivity contribution in [2.45, 2.75) is 24.8 Å². The monoisotopic (exact) mass is 487 g/mol. The predicted octanol–water partition coefficient (Wildman–Crippen LogP) is 4.96. The Morgan fingerprint density at radius 2 is 1.94 bits per heavy atom. The number of para-hydroxylation sites is 1. The van der Waals surface area contributed by atoms with Gasteiger partial charge in [-0.25, -0.2) is 17.6 Å². The molecular formula is C22H18FN3O5S2. The van der Waals surface area contributed by atoms with Gasteiger partial charge in [0.1, 0.15) is 5.82 Å². The van der Waals surface area contributed by atoms with Crippen LogP contribution in [0.2, 0.25) is 0 Å². The van der Waals surface area contributed by atoms with Crippen LogP contribution in [0.3, 0.4) is 0 Å². The molecule has 0 aliphatic heterocycles. The van der Waals surface area contributed by atoms with Gasteiger partial charge in [0.2, 0.25) is 0 Å². The van der Waals surface area contributed by atoms with E-state index in [1.54, 1.807) is 13.8 Å². The molecule has 0 amide bonds. The SMILES string of the molecule is Cc1ccc(S(=O)(=O)Nc2ccccc2F)cc1C(=O)OC(C)c1nnc(-c2cccs2)o1. The molecule has 0 bridgehead atoms. The van der Waals surface area contributed by atoms with Crippen LogP contribution >= 0.6 is 11.3 Å². The molecule has 0 aliphatic rings. The molecule has 0 saturated carbocycles. The minimum Gasteiger partial charge on any atom is -0.449 e. The summed E-state index contributed by atoms with van der Waals surface area (Å²) < 4.78 is 52.6. The standard InChI is InChI=1S/C22H18FN3O5S2/c1-13-9-10-15(33(28,29)26-18-7-4-3-6-17(18)23)12-16(13)22(27)30-14(2)20-24-25-21(31-20)19-8-5-11-32-19/h3-12,14,26H,1-2H3. The number of nitrogens with one attached hydrogen (secondary N) is 1. The van der Waals surface area contributed by atoms with E-state index in [2.05, 4.69) is 14.9 Å².